The molecule has 0 aromatic heterocycles. The van der Waals surface area contributed by atoms with E-state index in [0.717, 1.165) is 6.42 Å². The minimum absolute atomic E-state index is 0.151. The summed E-state index contributed by atoms with van der Waals surface area (Å²) in [4.78, 5) is 0. The van der Waals surface area contributed by atoms with Crippen LogP contribution in [0.1, 0.15) is 239 Å². The molecule has 4 heteroatoms. The molecule has 0 rings (SSSR count). The van der Waals surface area contributed by atoms with E-state index in [0.29, 0.717) is 5.25 Å². The number of hydrogen-bond acceptors (Lipinski definition) is 3. The number of thiocarbonyl (C=S) groups is 1. The van der Waals surface area contributed by atoms with Gasteiger partial charge in [0.1, 0.15) is 0 Å². The third-order valence-electron chi connectivity index (χ3n) is 10.1. The maximum absolute atomic E-state index is 9.84. The Bertz CT molecular complexity index is 598. The largest absolute Gasteiger partial charge is 0.502 e. The van der Waals surface area contributed by atoms with Crippen LogP contribution in [0.4, 0.5) is 0 Å². The summed E-state index contributed by atoms with van der Waals surface area (Å²) in [7, 11) is 0. The van der Waals surface area contributed by atoms with Crippen molar-refractivity contribution in [2.45, 2.75) is 244 Å². The highest BCUT2D eigenvalue weighted by Crippen LogP contribution is 2.27. The van der Waals surface area contributed by atoms with Gasteiger partial charge in [0, 0.05) is 11.2 Å². The lowest BCUT2D eigenvalue weighted by Crippen LogP contribution is -2.16. The third-order valence-corrected chi connectivity index (χ3v) is 13.0. The molecule has 0 spiro atoms. The van der Waals surface area contributed by atoms with Crippen molar-refractivity contribution in [1.29, 1.82) is 0 Å². The number of aliphatic hydroxyl groups is 1. The van der Waals surface area contributed by atoms with Gasteiger partial charge in [-0.1, -0.05) is 213 Å². The first-order valence-electron chi connectivity index (χ1n) is 21.5. The molecule has 0 amide bonds. The SMILES string of the molecule is CCCCCCCCCCCCCCCCCCSCCC(CC(C)C(O)=S)SCCCCCCCCCCCCCCCCCC. The van der Waals surface area contributed by atoms with Gasteiger partial charge in [-0.05, 0) is 55.2 Å². The Labute approximate surface area is 311 Å². The molecule has 2 atom stereocenters. The molecule has 282 valence electrons. The summed E-state index contributed by atoms with van der Waals surface area (Å²) in [5.41, 5.74) is 0. The van der Waals surface area contributed by atoms with Gasteiger partial charge >= 0.3 is 0 Å². The Balaban J connectivity index is 3.62. The van der Waals surface area contributed by atoms with Crippen LogP contribution in [0.2, 0.25) is 0 Å². The average molecular weight is 715 g/mol. The lowest BCUT2D eigenvalue weighted by molar-refractivity contribution is 0.490. The van der Waals surface area contributed by atoms with E-state index in [2.05, 4.69) is 44.3 Å². The fourth-order valence-corrected chi connectivity index (χ4v) is 9.46. The normalized spacial score (nSPS) is 12.9. The molecule has 0 aliphatic heterocycles. The molecule has 1 nitrogen and oxygen atoms in total. The fraction of sp³-hybridized carbons (Fsp3) is 0.977. The zero-order valence-electron chi connectivity index (χ0n) is 32.5. The molecule has 0 saturated heterocycles. The van der Waals surface area contributed by atoms with Crippen molar-refractivity contribution in [1.82, 2.24) is 0 Å². The highest BCUT2D eigenvalue weighted by Gasteiger charge is 2.16. The predicted octanol–water partition coefficient (Wildman–Crippen LogP) is 16.6. The summed E-state index contributed by atoms with van der Waals surface area (Å²) in [6.45, 7) is 6.71. The number of unbranched alkanes of at least 4 members (excludes halogenated alkanes) is 30. The molecule has 1 N–H and O–H groups in total. The molecule has 0 aliphatic carbocycles. The lowest BCUT2D eigenvalue weighted by atomic mass is 10.0. The van der Waals surface area contributed by atoms with E-state index >= 15 is 0 Å². The van der Waals surface area contributed by atoms with Crippen LogP contribution in [0.5, 0.6) is 0 Å². The summed E-state index contributed by atoms with van der Waals surface area (Å²) >= 11 is 9.42. The smallest absolute Gasteiger partial charge is 0.159 e. The first-order chi connectivity index (χ1) is 23.1. The zero-order chi connectivity index (χ0) is 34.3. The van der Waals surface area contributed by atoms with Crippen molar-refractivity contribution >= 4 is 40.8 Å². The molecule has 0 bridgehead atoms. The highest BCUT2D eigenvalue weighted by molar-refractivity contribution is 8.00. The van der Waals surface area contributed by atoms with Crippen molar-refractivity contribution < 1.29 is 5.11 Å². The van der Waals surface area contributed by atoms with Crippen LogP contribution in [0.3, 0.4) is 0 Å². The van der Waals surface area contributed by atoms with Crippen molar-refractivity contribution in [3.05, 3.63) is 0 Å². The number of thioether (sulfide) groups is 2. The summed E-state index contributed by atoms with van der Waals surface area (Å²) < 4.78 is 0. The van der Waals surface area contributed by atoms with Crippen molar-refractivity contribution in [2.24, 2.45) is 5.92 Å². The van der Waals surface area contributed by atoms with E-state index in [1.807, 2.05) is 0 Å². The quantitative estimate of drug-likeness (QED) is 0.0502. The number of rotatable bonds is 41. The minimum Gasteiger partial charge on any atom is -0.502 e. The maximum atomic E-state index is 9.84. The van der Waals surface area contributed by atoms with Gasteiger partial charge in [-0.2, -0.15) is 23.5 Å². The highest BCUT2D eigenvalue weighted by atomic mass is 32.2. The molecule has 0 saturated carbocycles. The van der Waals surface area contributed by atoms with E-state index < -0.39 is 0 Å². The first-order valence-corrected chi connectivity index (χ1v) is 24.1. The topological polar surface area (TPSA) is 20.2 Å². The molecular weight excluding hydrogens is 629 g/mol. The summed E-state index contributed by atoms with van der Waals surface area (Å²) in [6.07, 6.45) is 48.3. The molecule has 0 fully saturated rings. The Morgan fingerprint density at radius 1 is 0.447 bits per heavy atom. The van der Waals surface area contributed by atoms with Crippen molar-refractivity contribution in [3.63, 3.8) is 0 Å². The van der Waals surface area contributed by atoms with E-state index in [9.17, 15) is 5.11 Å². The molecule has 0 heterocycles. The van der Waals surface area contributed by atoms with Gasteiger partial charge in [0.2, 0.25) is 0 Å². The van der Waals surface area contributed by atoms with E-state index in [1.165, 1.54) is 229 Å². The van der Waals surface area contributed by atoms with E-state index in [1.54, 1.807) is 0 Å². The van der Waals surface area contributed by atoms with Crippen molar-refractivity contribution in [3.8, 4) is 0 Å². The van der Waals surface area contributed by atoms with Gasteiger partial charge in [-0.25, -0.2) is 0 Å². The van der Waals surface area contributed by atoms with Crippen LogP contribution in [0.25, 0.3) is 0 Å². The molecule has 0 aliphatic rings. The molecule has 2 unspecified atom stereocenters. The summed E-state index contributed by atoms with van der Waals surface area (Å²) in [6, 6.07) is 0. The minimum atomic E-state index is 0.151. The van der Waals surface area contributed by atoms with Crippen LogP contribution in [-0.2, 0) is 0 Å². The molecule has 0 aromatic rings. The van der Waals surface area contributed by atoms with Gasteiger partial charge in [0.25, 0.3) is 0 Å². The van der Waals surface area contributed by atoms with Crippen LogP contribution in [-0.4, -0.2) is 32.7 Å². The Morgan fingerprint density at radius 3 is 1.06 bits per heavy atom. The van der Waals surface area contributed by atoms with Crippen LogP contribution in [0.15, 0.2) is 0 Å². The third kappa shape index (κ3) is 39.2. The first kappa shape index (κ1) is 47.6. The maximum Gasteiger partial charge on any atom is 0.159 e. The molecule has 0 radical (unpaired) electrons. The second-order valence-corrected chi connectivity index (χ2v) is 18.0. The van der Waals surface area contributed by atoms with Crippen LogP contribution < -0.4 is 0 Å². The average Bonchev–Trinajstić information content (AvgIpc) is 3.06. The number of hydrogen-bond donors (Lipinski definition) is 1. The van der Waals surface area contributed by atoms with E-state index in [-0.39, 0.29) is 11.0 Å². The van der Waals surface area contributed by atoms with Gasteiger partial charge in [-0.15, -0.1) is 0 Å². The second-order valence-electron chi connectivity index (χ2n) is 15.0. The molecule has 47 heavy (non-hydrogen) atoms. The van der Waals surface area contributed by atoms with Gasteiger partial charge in [0.15, 0.2) is 5.05 Å². The molecule has 0 aromatic carbocycles. The summed E-state index contributed by atoms with van der Waals surface area (Å²) in [5.74, 6) is 4.01. The monoisotopic (exact) mass is 715 g/mol. The van der Waals surface area contributed by atoms with E-state index in [4.69, 9.17) is 12.2 Å². The van der Waals surface area contributed by atoms with Gasteiger partial charge in [-0.3, -0.25) is 0 Å². The predicted molar refractivity (Wildman–Crippen MR) is 226 cm³/mol. The van der Waals surface area contributed by atoms with Gasteiger partial charge < -0.3 is 5.11 Å². The van der Waals surface area contributed by atoms with Crippen LogP contribution >= 0.6 is 35.7 Å². The van der Waals surface area contributed by atoms with Gasteiger partial charge in [0.05, 0.1) is 0 Å². The lowest BCUT2D eigenvalue weighted by Gasteiger charge is -2.19. The zero-order valence-corrected chi connectivity index (χ0v) is 34.9. The standard InChI is InChI=1S/C43H86OS3/c1-4-6-8-10-12-14-16-18-20-22-24-26-28-30-32-34-37-46-39-36-42(40-41(3)43(44)45)47-38-35-33-31-29-27-25-23-21-19-17-15-13-11-9-7-5-2/h41-42H,4-40H2,1-3H3,(H,44,45). The molecular formula is C43H86OS3. The Kier molecular flexibility index (Phi) is 41.5. The summed E-state index contributed by atoms with van der Waals surface area (Å²) in [5, 5.41) is 10.7. The number of aliphatic hydroxyl groups excluding tert-OH is 1. The Morgan fingerprint density at radius 2 is 0.745 bits per heavy atom. The van der Waals surface area contributed by atoms with Crippen molar-refractivity contribution in [2.75, 3.05) is 17.3 Å². The fourth-order valence-electron chi connectivity index (χ4n) is 6.73. The Hall–Kier alpha value is 0.590. The second kappa shape index (κ2) is 41.0. The van der Waals surface area contributed by atoms with Crippen LogP contribution in [0, 0.1) is 5.92 Å².